The van der Waals surface area contributed by atoms with E-state index in [1.54, 1.807) is 6.92 Å². The zero-order valence-corrected chi connectivity index (χ0v) is 9.11. The molecule has 0 radical (unpaired) electrons. The average molecular weight is 213 g/mol. The maximum absolute atomic E-state index is 11.9. The van der Waals surface area contributed by atoms with E-state index in [0.29, 0.717) is 0 Å². The van der Waals surface area contributed by atoms with E-state index in [-0.39, 0.29) is 18.2 Å². The van der Waals surface area contributed by atoms with Crippen molar-refractivity contribution >= 4 is 17.8 Å². The Balaban J connectivity index is 2.93. The first-order valence-corrected chi connectivity index (χ1v) is 4.85. The molecule has 5 heteroatoms. The van der Waals surface area contributed by atoms with Gasteiger partial charge in [0.05, 0.1) is 5.41 Å². The smallest absolute Gasteiger partial charge is 0.323 e. The highest BCUT2D eigenvalue weighted by Gasteiger charge is 2.50. The van der Waals surface area contributed by atoms with Crippen molar-refractivity contribution in [2.45, 2.75) is 27.2 Å². The van der Waals surface area contributed by atoms with Crippen molar-refractivity contribution < 1.29 is 19.5 Å². The van der Waals surface area contributed by atoms with Gasteiger partial charge in [0.15, 0.2) is 0 Å². The van der Waals surface area contributed by atoms with E-state index in [1.807, 2.05) is 13.8 Å². The molecule has 0 saturated carbocycles. The molecule has 0 spiro atoms. The number of carboxylic acids is 1. The molecule has 0 aliphatic carbocycles. The van der Waals surface area contributed by atoms with Gasteiger partial charge in [-0.05, 0) is 12.8 Å². The third-order valence-electron chi connectivity index (χ3n) is 3.12. The van der Waals surface area contributed by atoms with Gasteiger partial charge in [-0.3, -0.25) is 19.3 Å². The summed E-state index contributed by atoms with van der Waals surface area (Å²) in [5.74, 6) is -1.90. The molecule has 1 aliphatic rings. The summed E-state index contributed by atoms with van der Waals surface area (Å²) in [7, 11) is 0. The minimum Gasteiger partial charge on any atom is -0.480 e. The van der Waals surface area contributed by atoms with Gasteiger partial charge >= 0.3 is 5.97 Å². The fourth-order valence-electron chi connectivity index (χ4n) is 1.65. The Bertz CT molecular complexity index is 323. The molecule has 15 heavy (non-hydrogen) atoms. The molecule has 0 aromatic heterocycles. The number of likely N-dealkylation sites (tertiary alicyclic amines) is 1. The van der Waals surface area contributed by atoms with E-state index in [9.17, 15) is 14.4 Å². The lowest BCUT2D eigenvalue weighted by atomic mass is 9.78. The molecule has 1 unspecified atom stereocenters. The van der Waals surface area contributed by atoms with Crippen LogP contribution in [-0.2, 0) is 14.4 Å². The summed E-state index contributed by atoms with van der Waals surface area (Å²) in [5.41, 5.74) is -0.744. The lowest BCUT2D eigenvalue weighted by Gasteiger charge is -2.25. The highest BCUT2D eigenvalue weighted by Crippen LogP contribution is 2.38. The zero-order valence-electron chi connectivity index (χ0n) is 9.11. The van der Waals surface area contributed by atoms with Crippen molar-refractivity contribution in [1.29, 1.82) is 0 Å². The number of hydrogen-bond donors (Lipinski definition) is 1. The number of nitrogens with zero attached hydrogens (tertiary/aromatic N) is 1. The van der Waals surface area contributed by atoms with Crippen LogP contribution in [0.2, 0.25) is 0 Å². The number of imide groups is 1. The molecule has 1 aliphatic heterocycles. The van der Waals surface area contributed by atoms with Crippen molar-refractivity contribution in [3.8, 4) is 0 Å². The van der Waals surface area contributed by atoms with Gasteiger partial charge in [0, 0.05) is 6.42 Å². The Morgan fingerprint density at radius 2 is 2.07 bits per heavy atom. The van der Waals surface area contributed by atoms with Gasteiger partial charge in [-0.1, -0.05) is 13.8 Å². The minimum absolute atomic E-state index is 0.0211. The van der Waals surface area contributed by atoms with Crippen LogP contribution < -0.4 is 0 Å². The number of rotatable bonds is 3. The van der Waals surface area contributed by atoms with Crippen LogP contribution in [0.5, 0.6) is 0 Å². The Kier molecular flexibility index (Phi) is 2.83. The molecule has 1 fully saturated rings. The molecule has 2 amide bonds. The number of aliphatic carboxylic acids is 1. The third-order valence-corrected chi connectivity index (χ3v) is 3.12. The van der Waals surface area contributed by atoms with Crippen molar-refractivity contribution in [2.75, 3.05) is 6.54 Å². The van der Waals surface area contributed by atoms with Gasteiger partial charge in [-0.15, -0.1) is 0 Å². The van der Waals surface area contributed by atoms with Crippen molar-refractivity contribution in [3.63, 3.8) is 0 Å². The monoisotopic (exact) mass is 213 g/mol. The van der Waals surface area contributed by atoms with Gasteiger partial charge in [-0.2, -0.15) is 0 Å². The standard InChI is InChI=1S/C10H15NO4/c1-6(2)10(3)4-7(12)11(9(10)15)5-8(13)14/h6H,4-5H2,1-3H3,(H,13,14). The van der Waals surface area contributed by atoms with Crippen molar-refractivity contribution in [3.05, 3.63) is 0 Å². The van der Waals surface area contributed by atoms with Crippen LogP contribution in [0.3, 0.4) is 0 Å². The molecule has 1 heterocycles. The second-order valence-corrected chi connectivity index (χ2v) is 4.43. The van der Waals surface area contributed by atoms with Crippen LogP contribution >= 0.6 is 0 Å². The summed E-state index contributed by atoms with van der Waals surface area (Å²) >= 11 is 0. The van der Waals surface area contributed by atoms with Gasteiger partial charge < -0.3 is 5.11 Å². The van der Waals surface area contributed by atoms with E-state index < -0.39 is 23.8 Å². The first kappa shape index (κ1) is 11.7. The summed E-state index contributed by atoms with van der Waals surface area (Å²) in [5, 5.41) is 8.57. The lowest BCUT2D eigenvalue weighted by Crippen LogP contribution is -2.39. The lowest BCUT2D eigenvalue weighted by molar-refractivity contribution is -0.150. The van der Waals surface area contributed by atoms with E-state index in [2.05, 4.69) is 0 Å². The number of carboxylic acid groups (broad SMARTS) is 1. The Hall–Kier alpha value is -1.39. The third kappa shape index (κ3) is 1.86. The summed E-state index contributed by atoms with van der Waals surface area (Å²) in [6.45, 7) is 4.89. The fourth-order valence-corrected chi connectivity index (χ4v) is 1.65. The quantitative estimate of drug-likeness (QED) is 0.692. The maximum Gasteiger partial charge on any atom is 0.323 e. The van der Waals surface area contributed by atoms with Gasteiger partial charge in [0.1, 0.15) is 6.54 Å². The molecule has 0 aromatic carbocycles. The van der Waals surface area contributed by atoms with Crippen LogP contribution in [0.4, 0.5) is 0 Å². The average Bonchev–Trinajstić information content (AvgIpc) is 2.30. The van der Waals surface area contributed by atoms with Crippen LogP contribution in [0.15, 0.2) is 0 Å². The minimum atomic E-state index is -1.16. The molecule has 5 nitrogen and oxygen atoms in total. The Morgan fingerprint density at radius 1 is 1.53 bits per heavy atom. The highest BCUT2D eigenvalue weighted by molar-refractivity contribution is 6.07. The van der Waals surface area contributed by atoms with E-state index in [0.717, 1.165) is 4.90 Å². The van der Waals surface area contributed by atoms with Crippen LogP contribution in [0.1, 0.15) is 27.2 Å². The second kappa shape index (κ2) is 3.64. The first-order valence-electron chi connectivity index (χ1n) is 4.85. The summed E-state index contributed by atoms with van der Waals surface area (Å²) < 4.78 is 0. The van der Waals surface area contributed by atoms with E-state index >= 15 is 0 Å². The van der Waals surface area contributed by atoms with Crippen LogP contribution in [-0.4, -0.2) is 34.3 Å². The zero-order chi connectivity index (χ0) is 11.8. The molecule has 1 N–H and O–H groups in total. The van der Waals surface area contributed by atoms with Gasteiger partial charge in [0.25, 0.3) is 0 Å². The first-order chi connectivity index (χ1) is 6.79. The largest absolute Gasteiger partial charge is 0.480 e. The highest BCUT2D eigenvalue weighted by atomic mass is 16.4. The topological polar surface area (TPSA) is 74.7 Å². The Labute approximate surface area is 88.1 Å². The van der Waals surface area contributed by atoms with Gasteiger partial charge in [-0.25, -0.2) is 0 Å². The summed E-state index contributed by atoms with van der Waals surface area (Å²) in [6.07, 6.45) is 0.108. The molecular formula is C10H15NO4. The van der Waals surface area contributed by atoms with E-state index in [1.165, 1.54) is 0 Å². The fraction of sp³-hybridized carbons (Fsp3) is 0.700. The van der Waals surface area contributed by atoms with Gasteiger partial charge in [0.2, 0.25) is 11.8 Å². The molecule has 84 valence electrons. The Morgan fingerprint density at radius 3 is 2.40 bits per heavy atom. The molecule has 1 saturated heterocycles. The number of carbonyl (C=O) groups excluding carboxylic acids is 2. The predicted molar refractivity (Wildman–Crippen MR) is 51.9 cm³/mol. The predicted octanol–water partition coefficient (Wildman–Crippen LogP) is 0.492. The molecule has 0 bridgehead atoms. The van der Waals surface area contributed by atoms with Crippen molar-refractivity contribution in [1.82, 2.24) is 4.90 Å². The van der Waals surface area contributed by atoms with E-state index in [4.69, 9.17) is 5.11 Å². The molecule has 1 atom stereocenters. The van der Waals surface area contributed by atoms with Crippen LogP contribution in [0.25, 0.3) is 0 Å². The summed E-state index contributed by atoms with van der Waals surface area (Å²) in [6, 6.07) is 0. The normalized spacial score (nSPS) is 26.5. The summed E-state index contributed by atoms with van der Waals surface area (Å²) in [4.78, 5) is 34.7. The maximum atomic E-state index is 11.9. The SMILES string of the molecule is CC(C)C1(C)CC(=O)N(CC(=O)O)C1=O. The molecule has 1 rings (SSSR count). The second-order valence-electron chi connectivity index (χ2n) is 4.43. The van der Waals surface area contributed by atoms with Crippen LogP contribution in [0, 0.1) is 11.3 Å². The molecule has 0 aromatic rings. The number of carbonyl (C=O) groups is 3. The number of amides is 2. The molecular weight excluding hydrogens is 198 g/mol. The van der Waals surface area contributed by atoms with Crippen molar-refractivity contribution in [2.24, 2.45) is 11.3 Å². The number of hydrogen-bond acceptors (Lipinski definition) is 3.